The zero-order valence-corrected chi connectivity index (χ0v) is 8.89. The van der Waals surface area contributed by atoms with Gasteiger partial charge in [-0.25, -0.2) is 9.13 Å². The number of rotatable bonds is 2. The minimum Gasteiger partial charge on any atom is -0.328 e. The summed E-state index contributed by atoms with van der Waals surface area (Å²) in [5, 5.41) is 0. The van der Waals surface area contributed by atoms with Crippen LogP contribution in [0.3, 0.4) is 0 Å². The van der Waals surface area contributed by atoms with Crippen molar-refractivity contribution in [1.29, 1.82) is 0 Å². The van der Waals surface area contributed by atoms with Crippen LogP contribution in [-0.4, -0.2) is 10.6 Å². The van der Waals surface area contributed by atoms with Crippen molar-refractivity contribution < 1.29 is 4.57 Å². The average molecular weight is 194 g/mol. The molecule has 0 aromatic carbocycles. The van der Waals surface area contributed by atoms with Crippen molar-refractivity contribution in [1.82, 2.24) is 4.57 Å². The molecule has 1 heterocycles. The van der Waals surface area contributed by atoms with Crippen LogP contribution >= 0.6 is 0 Å². The fourth-order valence-electron chi connectivity index (χ4n) is 2.28. The summed E-state index contributed by atoms with van der Waals surface area (Å²) in [7, 11) is 2.06. The summed E-state index contributed by atoms with van der Waals surface area (Å²) in [6.07, 6.45) is 11.4. The van der Waals surface area contributed by atoms with Gasteiger partial charge >= 0.3 is 0 Å². The van der Waals surface area contributed by atoms with Crippen LogP contribution < -0.4 is 10.3 Å². The summed E-state index contributed by atoms with van der Waals surface area (Å²) in [5.41, 5.74) is 5.88. The molecule has 0 aliphatic heterocycles. The lowest BCUT2D eigenvalue weighted by Gasteiger charge is -2.24. The van der Waals surface area contributed by atoms with Crippen LogP contribution in [-0.2, 0) is 13.6 Å². The number of aromatic nitrogens is 2. The van der Waals surface area contributed by atoms with Gasteiger partial charge in [0.25, 0.3) is 0 Å². The molecule has 0 bridgehead atoms. The molecule has 78 valence electrons. The Morgan fingerprint density at radius 2 is 2.07 bits per heavy atom. The maximum absolute atomic E-state index is 5.88. The molecule has 3 heteroatoms. The highest BCUT2D eigenvalue weighted by Crippen LogP contribution is 2.24. The molecule has 0 spiro atoms. The number of hydrogen-bond acceptors (Lipinski definition) is 1. The maximum Gasteiger partial charge on any atom is 0.243 e. The Bertz CT molecular complexity index is 284. The van der Waals surface area contributed by atoms with Crippen LogP contribution in [0, 0.1) is 5.92 Å². The third-order valence-electron chi connectivity index (χ3n) is 3.18. The van der Waals surface area contributed by atoms with Crippen LogP contribution in [0.2, 0.25) is 0 Å². The van der Waals surface area contributed by atoms with Gasteiger partial charge in [0.2, 0.25) is 6.33 Å². The number of hydrogen-bond donors (Lipinski definition) is 1. The molecule has 0 saturated heterocycles. The summed E-state index contributed by atoms with van der Waals surface area (Å²) in [6.45, 7) is 1.16. The second kappa shape index (κ2) is 4.13. The largest absolute Gasteiger partial charge is 0.328 e. The van der Waals surface area contributed by atoms with Gasteiger partial charge in [0.05, 0.1) is 13.6 Å². The molecule has 1 aromatic heterocycles. The molecule has 0 radical (unpaired) electrons. The molecule has 2 N–H and O–H groups in total. The molecule has 14 heavy (non-hydrogen) atoms. The number of nitrogens with two attached hydrogens (primary N) is 1. The van der Waals surface area contributed by atoms with Crippen molar-refractivity contribution >= 4 is 0 Å². The molecule has 1 aliphatic carbocycles. The molecule has 2 rings (SSSR count). The lowest BCUT2D eigenvalue weighted by molar-refractivity contribution is -0.671. The first-order chi connectivity index (χ1) is 6.74. The van der Waals surface area contributed by atoms with Crippen LogP contribution in [0.5, 0.6) is 0 Å². The van der Waals surface area contributed by atoms with E-state index in [1.165, 1.54) is 25.7 Å². The quantitative estimate of drug-likeness (QED) is 0.695. The van der Waals surface area contributed by atoms with Crippen LogP contribution in [0.15, 0.2) is 18.7 Å². The van der Waals surface area contributed by atoms with Crippen molar-refractivity contribution in [3.05, 3.63) is 18.7 Å². The summed E-state index contributed by atoms with van der Waals surface area (Å²) in [5.74, 6) is 0.835. The van der Waals surface area contributed by atoms with E-state index in [2.05, 4.69) is 34.9 Å². The number of nitrogens with zero attached hydrogens (tertiary/aromatic N) is 2. The zero-order valence-electron chi connectivity index (χ0n) is 8.89. The number of aryl methyl sites for hydroxylation is 1. The molecule has 0 amide bonds. The minimum absolute atomic E-state index is 0.465. The standard InChI is InChI=1S/C11H20N3/c1-13-6-7-14(9-13)8-10-2-4-11(12)5-3-10/h6-7,9-11H,2-5,8,12H2,1H3/q+1. The molecule has 0 unspecified atom stereocenters. The van der Waals surface area contributed by atoms with Gasteiger partial charge in [0.1, 0.15) is 12.4 Å². The molecular formula is C11H20N3+. The van der Waals surface area contributed by atoms with Gasteiger partial charge in [-0.15, -0.1) is 0 Å². The highest BCUT2D eigenvalue weighted by Gasteiger charge is 2.20. The van der Waals surface area contributed by atoms with E-state index in [4.69, 9.17) is 5.73 Å². The smallest absolute Gasteiger partial charge is 0.243 e. The predicted octanol–water partition coefficient (Wildman–Crippen LogP) is 0.830. The fourth-order valence-corrected chi connectivity index (χ4v) is 2.28. The molecule has 3 nitrogen and oxygen atoms in total. The minimum atomic E-state index is 0.465. The third kappa shape index (κ3) is 2.35. The van der Waals surface area contributed by atoms with Crippen molar-refractivity contribution in [3.8, 4) is 0 Å². The lowest BCUT2D eigenvalue weighted by atomic mass is 9.86. The molecule has 1 fully saturated rings. The molecule has 1 saturated carbocycles. The first kappa shape index (κ1) is 9.71. The fraction of sp³-hybridized carbons (Fsp3) is 0.727. The van der Waals surface area contributed by atoms with Gasteiger partial charge in [-0.1, -0.05) is 0 Å². The molecule has 0 atom stereocenters. The van der Waals surface area contributed by atoms with Crippen molar-refractivity contribution in [2.24, 2.45) is 18.7 Å². The van der Waals surface area contributed by atoms with E-state index >= 15 is 0 Å². The van der Waals surface area contributed by atoms with Crippen LogP contribution in [0.25, 0.3) is 0 Å². The summed E-state index contributed by atoms with van der Waals surface area (Å²) in [6, 6.07) is 0.465. The van der Waals surface area contributed by atoms with E-state index in [9.17, 15) is 0 Å². The van der Waals surface area contributed by atoms with Gasteiger partial charge in [-0.2, -0.15) is 0 Å². The summed E-state index contributed by atoms with van der Waals surface area (Å²) < 4.78 is 4.37. The second-order valence-corrected chi connectivity index (χ2v) is 4.56. The molecular weight excluding hydrogens is 174 g/mol. The van der Waals surface area contributed by atoms with E-state index in [-0.39, 0.29) is 0 Å². The highest BCUT2D eigenvalue weighted by molar-refractivity contribution is 4.76. The highest BCUT2D eigenvalue weighted by atomic mass is 15.1. The Hall–Kier alpha value is -0.830. The van der Waals surface area contributed by atoms with Crippen molar-refractivity contribution in [2.45, 2.75) is 38.3 Å². The Morgan fingerprint density at radius 3 is 2.64 bits per heavy atom. The molecule has 1 aromatic rings. The van der Waals surface area contributed by atoms with Crippen LogP contribution in [0.1, 0.15) is 25.7 Å². The molecule has 1 aliphatic rings. The Morgan fingerprint density at radius 1 is 1.36 bits per heavy atom. The SMILES string of the molecule is C[n+]1ccn(CC2CCC(N)CC2)c1. The Balaban J connectivity index is 1.86. The van der Waals surface area contributed by atoms with E-state index < -0.39 is 0 Å². The van der Waals surface area contributed by atoms with Gasteiger partial charge in [0.15, 0.2) is 0 Å². The summed E-state index contributed by atoms with van der Waals surface area (Å²) >= 11 is 0. The van der Waals surface area contributed by atoms with Gasteiger partial charge in [-0.05, 0) is 31.6 Å². The zero-order chi connectivity index (χ0) is 9.97. The van der Waals surface area contributed by atoms with E-state index in [0.29, 0.717) is 6.04 Å². The summed E-state index contributed by atoms with van der Waals surface area (Å²) in [4.78, 5) is 0. The number of imidazole rings is 1. The lowest BCUT2D eigenvalue weighted by Crippen LogP contribution is -2.28. The normalized spacial score (nSPS) is 27.9. The van der Waals surface area contributed by atoms with Crippen molar-refractivity contribution in [2.75, 3.05) is 0 Å². The second-order valence-electron chi connectivity index (χ2n) is 4.56. The monoisotopic (exact) mass is 194 g/mol. The Labute approximate surface area is 85.5 Å². The van der Waals surface area contributed by atoms with Crippen LogP contribution in [0.4, 0.5) is 0 Å². The van der Waals surface area contributed by atoms with E-state index in [1.54, 1.807) is 0 Å². The predicted molar refractivity (Wildman–Crippen MR) is 55.5 cm³/mol. The van der Waals surface area contributed by atoms with Gasteiger partial charge < -0.3 is 5.73 Å². The first-order valence-electron chi connectivity index (χ1n) is 5.50. The first-order valence-corrected chi connectivity index (χ1v) is 5.50. The Kier molecular flexibility index (Phi) is 2.87. The van der Waals surface area contributed by atoms with Crippen molar-refractivity contribution in [3.63, 3.8) is 0 Å². The topological polar surface area (TPSA) is 34.8 Å². The van der Waals surface area contributed by atoms with E-state index in [0.717, 1.165) is 12.5 Å². The van der Waals surface area contributed by atoms with Gasteiger partial charge in [0, 0.05) is 6.04 Å². The van der Waals surface area contributed by atoms with Gasteiger partial charge in [-0.3, -0.25) is 0 Å². The third-order valence-corrected chi connectivity index (χ3v) is 3.18. The average Bonchev–Trinajstić information content (AvgIpc) is 2.56. The van der Waals surface area contributed by atoms with E-state index in [1.807, 2.05) is 0 Å². The maximum atomic E-state index is 5.88.